The van der Waals surface area contributed by atoms with Crippen LogP contribution in [0.4, 0.5) is 0 Å². The minimum atomic E-state index is 1.04. The number of hydrogen-bond acceptors (Lipinski definition) is 3. The molecule has 2 aromatic rings. The van der Waals surface area contributed by atoms with Crippen LogP contribution in [0.15, 0.2) is 44.5 Å². The van der Waals surface area contributed by atoms with Gasteiger partial charge in [-0.3, -0.25) is 4.58 Å². The zero-order valence-electron chi connectivity index (χ0n) is 5.69. The van der Waals surface area contributed by atoms with Crippen molar-refractivity contribution < 1.29 is 8.58 Å². The Hall–Kier alpha value is -1.22. The second-order valence-electron chi connectivity index (χ2n) is 2.13. The summed E-state index contributed by atoms with van der Waals surface area (Å²) in [6.07, 6.45) is 1.59. The minimum Gasteiger partial charge on any atom is -0.285 e. The van der Waals surface area contributed by atoms with Crippen molar-refractivity contribution in [2.24, 2.45) is 0 Å². The van der Waals surface area contributed by atoms with Gasteiger partial charge in [-0.15, -0.1) is 0 Å². The van der Waals surface area contributed by atoms with Crippen LogP contribution in [0.2, 0.25) is 0 Å². The van der Waals surface area contributed by atoms with Gasteiger partial charge in [-0.1, -0.05) is 24.3 Å². The Balaban J connectivity index is 2.90. The van der Waals surface area contributed by atoms with Crippen LogP contribution in [-0.2, 0) is 0 Å². The first-order valence-electron chi connectivity index (χ1n) is 3.21. The fraction of sp³-hybridized carbons (Fsp3) is 0. The zero-order valence-corrected chi connectivity index (χ0v) is 6.51. The smallest absolute Gasteiger partial charge is 0.152 e. The largest absolute Gasteiger partial charge is 0.285 e. The van der Waals surface area contributed by atoms with Gasteiger partial charge in [0.1, 0.15) is 0 Å². The van der Waals surface area contributed by atoms with Crippen molar-refractivity contribution in [3.8, 4) is 0 Å². The third kappa shape index (κ3) is 1.28. The highest BCUT2D eigenvalue weighted by molar-refractivity contribution is 7.01. The summed E-state index contributed by atoms with van der Waals surface area (Å²) in [6, 6.07) is 7.93. The van der Waals surface area contributed by atoms with Crippen molar-refractivity contribution in [3.63, 3.8) is 0 Å². The second kappa shape index (κ2) is 2.80. The van der Waals surface area contributed by atoms with Crippen LogP contribution >= 0.6 is 11.6 Å². The van der Waals surface area contributed by atoms with Crippen molar-refractivity contribution in [1.82, 2.24) is 0 Å². The van der Waals surface area contributed by atoms with E-state index in [1.54, 1.807) is 6.26 Å². The molecule has 1 heterocycles. The lowest BCUT2D eigenvalue weighted by Crippen LogP contribution is -1.61. The topological polar surface area (TPSA) is 26.3 Å². The molecule has 0 atom stereocenters. The summed E-state index contributed by atoms with van der Waals surface area (Å²) in [5.41, 5.74) is 0. The fourth-order valence-corrected chi connectivity index (χ4v) is 1.33. The van der Waals surface area contributed by atoms with Gasteiger partial charge in [-0.2, -0.15) is 0 Å². The predicted octanol–water partition coefficient (Wildman–Crippen LogP) is 3.21. The second-order valence-corrected chi connectivity index (χ2v) is 2.69. The average Bonchev–Trinajstić information content (AvgIpc) is 2.28. The van der Waals surface area contributed by atoms with E-state index in [1.807, 2.05) is 29.6 Å². The number of benzene rings is 1. The van der Waals surface area contributed by atoms with Crippen LogP contribution in [0, 0.1) is 0 Å². The number of fused-ring (bicyclic) bond motifs is 1. The predicted molar refractivity (Wildman–Crippen MR) is 44.0 cm³/mol. The Morgan fingerprint density at radius 3 is 2.82 bits per heavy atom. The molecule has 0 saturated heterocycles. The molecule has 0 spiro atoms. The first-order chi connectivity index (χ1) is 5.47. The Morgan fingerprint density at radius 2 is 1.91 bits per heavy atom. The zero-order chi connectivity index (χ0) is 7.52. The lowest BCUT2D eigenvalue weighted by molar-refractivity contribution is 0.102. The standard InChI is InChI=1S/C8H6O2S/c1-2-4-8-6-11-10-9-5-7(8)3-1/h1-6H. The molecule has 0 N–H and O–H groups in total. The molecule has 0 aliphatic rings. The Morgan fingerprint density at radius 1 is 1.09 bits per heavy atom. The normalized spacial score (nSPS) is 9.82. The van der Waals surface area contributed by atoms with Crippen LogP contribution in [0.25, 0.3) is 10.8 Å². The Labute approximate surface area is 67.5 Å². The van der Waals surface area contributed by atoms with Crippen LogP contribution in [0.1, 0.15) is 0 Å². The summed E-state index contributed by atoms with van der Waals surface area (Å²) >= 11 is 1.18. The summed E-state index contributed by atoms with van der Waals surface area (Å²) in [5.74, 6) is 0. The van der Waals surface area contributed by atoms with Gasteiger partial charge in [0, 0.05) is 10.8 Å². The molecule has 0 fully saturated rings. The molecule has 3 heteroatoms. The van der Waals surface area contributed by atoms with Crippen LogP contribution in [0.3, 0.4) is 0 Å². The van der Waals surface area contributed by atoms with E-state index in [0.717, 1.165) is 10.8 Å². The maximum atomic E-state index is 4.73. The van der Waals surface area contributed by atoms with E-state index in [9.17, 15) is 0 Å². The van der Waals surface area contributed by atoms with E-state index in [2.05, 4.69) is 4.01 Å². The van der Waals surface area contributed by atoms with Gasteiger partial charge >= 0.3 is 0 Å². The van der Waals surface area contributed by atoms with Gasteiger partial charge in [0.25, 0.3) is 0 Å². The van der Waals surface area contributed by atoms with E-state index in [1.165, 1.54) is 11.6 Å². The molecule has 0 amide bonds. The molecule has 0 unspecified atom stereocenters. The van der Waals surface area contributed by atoms with Crippen LogP contribution in [-0.4, -0.2) is 0 Å². The first-order valence-corrected chi connectivity index (χ1v) is 4.01. The molecule has 0 aliphatic carbocycles. The molecular weight excluding hydrogens is 160 g/mol. The third-order valence-electron chi connectivity index (χ3n) is 1.42. The van der Waals surface area contributed by atoms with Crippen molar-refractivity contribution in [1.29, 1.82) is 0 Å². The highest BCUT2D eigenvalue weighted by atomic mass is 32.1. The van der Waals surface area contributed by atoms with Gasteiger partial charge in [-0.05, 0) is 5.39 Å². The highest BCUT2D eigenvalue weighted by Crippen LogP contribution is 2.12. The quantitative estimate of drug-likeness (QED) is 0.562. The molecule has 1 aromatic carbocycles. The molecule has 0 radical (unpaired) electrons. The molecule has 2 nitrogen and oxygen atoms in total. The minimum absolute atomic E-state index is 1.04. The monoisotopic (exact) mass is 166 g/mol. The van der Waals surface area contributed by atoms with Gasteiger partial charge in [0.2, 0.25) is 0 Å². The van der Waals surface area contributed by atoms with Crippen molar-refractivity contribution in [2.75, 3.05) is 0 Å². The van der Waals surface area contributed by atoms with Crippen molar-refractivity contribution in [2.45, 2.75) is 0 Å². The fourth-order valence-electron chi connectivity index (χ4n) is 0.891. The van der Waals surface area contributed by atoms with E-state index in [-0.39, 0.29) is 0 Å². The molecule has 56 valence electrons. The molecule has 0 bridgehead atoms. The lowest BCUT2D eigenvalue weighted by atomic mass is 10.2. The van der Waals surface area contributed by atoms with Gasteiger partial charge in [0.15, 0.2) is 6.26 Å². The number of rotatable bonds is 0. The number of hydrogen-bond donors (Lipinski definition) is 0. The van der Waals surface area contributed by atoms with Gasteiger partial charge in [-0.25, -0.2) is 4.01 Å². The summed E-state index contributed by atoms with van der Waals surface area (Å²) < 4.78 is 9.41. The molecule has 2 rings (SSSR count). The Bertz CT molecular complexity index is 346. The first kappa shape index (κ1) is 6.49. The summed E-state index contributed by atoms with van der Waals surface area (Å²) in [4.78, 5) is 0. The lowest BCUT2D eigenvalue weighted by Gasteiger charge is -1.84. The summed E-state index contributed by atoms with van der Waals surface area (Å²) in [6.45, 7) is 0. The molecule has 0 saturated carbocycles. The van der Waals surface area contributed by atoms with Crippen LogP contribution in [0.5, 0.6) is 0 Å². The van der Waals surface area contributed by atoms with E-state index in [4.69, 9.17) is 4.58 Å². The van der Waals surface area contributed by atoms with E-state index >= 15 is 0 Å². The average molecular weight is 166 g/mol. The van der Waals surface area contributed by atoms with Crippen molar-refractivity contribution in [3.05, 3.63) is 35.9 Å². The molecular formula is C8H6O2S. The van der Waals surface area contributed by atoms with E-state index < -0.39 is 0 Å². The molecule has 0 aliphatic heterocycles. The van der Waals surface area contributed by atoms with Gasteiger partial charge < -0.3 is 0 Å². The third-order valence-corrected chi connectivity index (χ3v) is 1.93. The van der Waals surface area contributed by atoms with Crippen LogP contribution < -0.4 is 0 Å². The highest BCUT2D eigenvalue weighted by Gasteiger charge is 1.87. The SMILES string of the molecule is c1ccc2csoocc2c1. The Kier molecular flexibility index (Phi) is 1.65. The maximum absolute atomic E-state index is 4.73. The molecule has 11 heavy (non-hydrogen) atoms. The summed E-state index contributed by atoms with van der Waals surface area (Å²) in [7, 11) is 0. The maximum Gasteiger partial charge on any atom is 0.152 e. The molecule has 1 aromatic heterocycles. The van der Waals surface area contributed by atoms with Gasteiger partial charge in [0.05, 0.1) is 11.6 Å². The van der Waals surface area contributed by atoms with Crippen molar-refractivity contribution >= 4 is 22.4 Å². The summed E-state index contributed by atoms with van der Waals surface area (Å²) in [5, 5.41) is 4.06. The van der Waals surface area contributed by atoms with E-state index in [0.29, 0.717) is 0 Å².